The quantitative estimate of drug-likeness (QED) is 0.138. The number of nitrogens with one attached hydrogen (secondary N) is 2. The number of likely N-dealkylation sites (N-methyl/N-ethyl adjacent to an activating group) is 1. The van der Waals surface area contributed by atoms with E-state index in [2.05, 4.69) is 131 Å². The van der Waals surface area contributed by atoms with Gasteiger partial charge in [0.15, 0.2) is 22.4 Å². The molecule has 116 heavy (non-hydrogen) atoms. The van der Waals surface area contributed by atoms with Crippen LogP contribution in [0.2, 0.25) is 0 Å². The van der Waals surface area contributed by atoms with Gasteiger partial charge in [0.25, 0.3) is 23.6 Å². The lowest BCUT2D eigenvalue weighted by molar-refractivity contribution is -0.205. The van der Waals surface area contributed by atoms with Crippen molar-refractivity contribution in [1.82, 2.24) is 40.0 Å². The number of hydrogen-bond acceptors (Lipinski definition) is 15. The van der Waals surface area contributed by atoms with Crippen molar-refractivity contribution in [2.75, 3.05) is 46.4 Å². The maximum Gasteiger partial charge on any atom is 0.257 e. The second-order valence-electron chi connectivity index (χ2n) is 45.8. The van der Waals surface area contributed by atoms with E-state index in [4.69, 9.17) is 18.9 Å². The first-order valence-corrected chi connectivity index (χ1v) is 48.6. The number of aliphatic hydroxyl groups is 3. The van der Waals surface area contributed by atoms with Crippen LogP contribution in [-0.4, -0.2) is 217 Å². The van der Waals surface area contributed by atoms with E-state index in [-0.39, 0.29) is 65.5 Å². The number of amides is 4. The summed E-state index contributed by atoms with van der Waals surface area (Å²) in [6.45, 7) is 36.8. The first-order valence-electron chi connectivity index (χ1n) is 48.6. The van der Waals surface area contributed by atoms with Crippen molar-refractivity contribution in [2.24, 2.45) is 0 Å². The molecule has 19 heteroatoms. The van der Waals surface area contributed by atoms with Crippen LogP contribution in [0.15, 0.2) is 0 Å². The summed E-state index contributed by atoms with van der Waals surface area (Å²) in [5.74, 6) is 0.294. The third-order valence-electron chi connectivity index (χ3n) is 30.7. The highest BCUT2D eigenvalue weighted by Crippen LogP contribution is 2.59. The van der Waals surface area contributed by atoms with E-state index in [0.29, 0.717) is 71.0 Å². The van der Waals surface area contributed by atoms with Crippen LogP contribution in [0.3, 0.4) is 0 Å². The van der Waals surface area contributed by atoms with Gasteiger partial charge in [-0.15, -0.1) is 0 Å². The molecular formula is C97H174N8O11. The lowest BCUT2D eigenvalue weighted by Crippen LogP contribution is -2.69. The zero-order valence-corrected chi connectivity index (χ0v) is 77.5. The molecule has 8 saturated heterocycles. The molecule has 0 aromatic heterocycles. The number of β-amino-alcohol motifs (C(OH)–C–C–N with tert-alkyl or cyclic N) is 3. The number of likely N-dealkylation sites (tertiary alicyclic amines) is 2. The zero-order valence-electron chi connectivity index (χ0n) is 77.5. The van der Waals surface area contributed by atoms with Crippen molar-refractivity contribution >= 4 is 23.6 Å². The van der Waals surface area contributed by atoms with Gasteiger partial charge in [-0.2, -0.15) is 0 Å². The Morgan fingerprint density at radius 1 is 0.284 bits per heavy atom. The molecule has 8 heterocycles. The predicted octanol–water partition coefficient (Wildman–Crippen LogP) is 18.9. The highest BCUT2D eigenvalue weighted by Gasteiger charge is 2.71. The molecule has 12 fully saturated rings. The molecule has 668 valence electrons. The van der Waals surface area contributed by atoms with E-state index in [0.717, 1.165) is 141 Å². The summed E-state index contributed by atoms with van der Waals surface area (Å²) in [6, 6.07) is 0. The molecule has 2 atom stereocenters. The van der Waals surface area contributed by atoms with Crippen molar-refractivity contribution < 1.29 is 53.4 Å². The number of carbonyl (C=O) groups is 4. The van der Waals surface area contributed by atoms with Crippen LogP contribution < -0.4 is 10.6 Å². The molecule has 8 spiro atoms. The lowest BCUT2D eigenvalue weighted by Gasteiger charge is -2.58. The molecule has 0 bridgehead atoms. The Hall–Kier alpha value is -2.56. The number of nitrogens with zero attached hydrogens (tertiary/aromatic N) is 6. The van der Waals surface area contributed by atoms with Gasteiger partial charge in [-0.1, -0.05) is 180 Å². The van der Waals surface area contributed by atoms with Crippen LogP contribution in [0, 0.1) is 0 Å². The summed E-state index contributed by atoms with van der Waals surface area (Å²) in [4.78, 5) is 72.8. The second-order valence-corrected chi connectivity index (χ2v) is 45.8. The first kappa shape index (κ1) is 94.1. The molecule has 12 aliphatic rings. The maximum atomic E-state index is 15.2. The van der Waals surface area contributed by atoms with E-state index < -0.39 is 79.7 Å². The van der Waals surface area contributed by atoms with Crippen molar-refractivity contribution in [2.45, 2.75) is 546 Å². The van der Waals surface area contributed by atoms with Gasteiger partial charge in [0.2, 0.25) is 0 Å². The minimum Gasteiger partial charge on any atom is -0.395 e. The summed E-state index contributed by atoms with van der Waals surface area (Å²) >= 11 is 0. The fraction of sp³-hybridized carbons (Fsp3) is 0.959. The van der Waals surface area contributed by atoms with Crippen LogP contribution >= 0.6 is 0 Å². The SMILES string of the molecule is CC1(C)CC2(CC(C)(C)N1)OC1(CCCCCCCCCCC1)N(CC(O)CN1C(C)(C)CC3(CC1(C)C)OC1(CCCCCCCCCCC1)N(CCO)C3=O)C2=O.CN1C(=O)C2(CC(C)(C)N(CC(O)CN3C(=O)C4(CC(C)(C)NC(C)(C)C4)OC34CCCCCCCCCCC4)C(C)(C)C2)OC12CCCCCCCCCCC2. The third-order valence-corrected chi connectivity index (χ3v) is 30.7. The van der Waals surface area contributed by atoms with Crippen molar-refractivity contribution in [3.63, 3.8) is 0 Å². The number of hydrogen-bond donors (Lipinski definition) is 5. The Balaban J connectivity index is 0.000000228. The molecule has 0 radical (unpaired) electrons. The smallest absolute Gasteiger partial charge is 0.257 e. The van der Waals surface area contributed by atoms with Gasteiger partial charge in [0.05, 0.1) is 31.9 Å². The number of piperidine rings is 4. The Morgan fingerprint density at radius 2 is 0.483 bits per heavy atom. The van der Waals surface area contributed by atoms with Gasteiger partial charge >= 0.3 is 0 Å². The highest BCUT2D eigenvalue weighted by molar-refractivity contribution is 5.90. The number of carbonyl (C=O) groups excluding carboxylic acids is 4. The summed E-state index contributed by atoms with van der Waals surface area (Å²) in [5.41, 5.74) is -9.40. The molecular weight excluding hydrogens is 1450 g/mol. The predicted molar refractivity (Wildman–Crippen MR) is 466 cm³/mol. The van der Waals surface area contributed by atoms with Crippen molar-refractivity contribution in [3.8, 4) is 0 Å². The Labute approximate surface area is 706 Å². The first-order chi connectivity index (χ1) is 54.4. The van der Waals surface area contributed by atoms with E-state index in [9.17, 15) is 24.9 Å². The molecule has 0 aromatic rings. The van der Waals surface area contributed by atoms with E-state index >= 15 is 9.59 Å². The largest absolute Gasteiger partial charge is 0.395 e. The van der Waals surface area contributed by atoms with Crippen molar-refractivity contribution in [3.05, 3.63) is 0 Å². The molecule has 12 rings (SSSR count). The van der Waals surface area contributed by atoms with Crippen LogP contribution in [0.5, 0.6) is 0 Å². The van der Waals surface area contributed by atoms with Gasteiger partial charge in [0.1, 0.15) is 22.9 Å². The minimum atomic E-state index is -1.00. The summed E-state index contributed by atoms with van der Waals surface area (Å²) in [7, 11) is 2.00. The van der Waals surface area contributed by atoms with E-state index in [1.165, 1.54) is 141 Å². The van der Waals surface area contributed by atoms with Gasteiger partial charge < -0.3 is 64.5 Å². The Kier molecular flexibility index (Phi) is 30.3. The van der Waals surface area contributed by atoms with Crippen molar-refractivity contribution in [1.29, 1.82) is 0 Å². The fourth-order valence-corrected chi connectivity index (χ4v) is 27.5. The molecule has 19 nitrogen and oxygen atoms in total. The van der Waals surface area contributed by atoms with Crippen LogP contribution in [-0.2, 0) is 38.1 Å². The fourth-order valence-electron chi connectivity index (χ4n) is 27.5. The molecule has 4 amide bonds. The maximum absolute atomic E-state index is 15.2. The van der Waals surface area contributed by atoms with Crippen LogP contribution in [0.4, 0.5) is 0 Å². The number of rotatable bonds is 10. The molecule has 2 unspecified atom stereocenters. The van der Waals surface area contributed by atoms with Gasteiger partial charge in [-0.05, 0) is 214 Å². The Bertz CT molecular complexity index is 3120. The molecule has 5 N–H and O–H groups in total. The van der Waals surface area contributed by atoms with Crippen LogP contribution in [0.25, 0.3) is 0 Å². The van der Waals surface area contributed by atoms with Crippen LogP contribution in [0.1, 0.15) is 445 Å². The second kappa shape index (κ2) is 37.3. The topological polar surface area (TPSA) is 209 Å². The highest BCUT2D eigenvalue weighted by atomic mass is 16.6. The summed E-state index contributed by atoms with van der Waals surface area (Å²) in [6.07, 6.45) is 52.7. The van der Waals surface area contributed by atoms with Gasteiger partial charge in [-0.25, -0.2) is 0 Å². The molecule has 4 saturated carbocycles. The standard InChI is InChI=1S/C49H88N4O6.C48H86N4O5/c1-42(2)35-46(36-43(3,4)50-42)41(57)52(49(58-46)29-25-21-17-13-10-14-18-22-26-30-49)33-39(55)34-53-44(5,6)37-47(38-45(53,7)8)40(56)51(31-32-54)48(59-47)27-23-19-15-11-9-12-16-20-24-28-48;1-41(2)34-45(35-42(3,4)49-41)40(55)51(48(57-45)30-26-22-18-14-11-15-19-23-27-31-48)32-38(53)33-52-43(5,6)36-46(37-44(52,7)8)39(54)50(9)47(56-46)28-24-20-16-12-10-13-17-21-25-29-47/h39,50,54-55H,9-38H2,1-8H3;38,49,53H,10-37H2,1-9H3. The average Bonchev–Trinajstić information content (AvgIpc) is 1.55. The Morgan fingerprint density at radius 3 is 0.733 bits per heavy atom. The lowest BCUT2D eigenvalue weighted by atomic mass is 9.70. The summed E-state index contributed by atoms with van der Waals surface area (Å²) in [5, 5.41) is 42.6. The molecule has 0 aromatic carbocycles. The number of ether oxygens (including phenoxy) is 4. The monoisotopic (exact) mass is 1630 g/mol. The van der Waals surface area contributed by atoms with E-state index in [1.807, 2.05) is 26.6 Å². The summed E-state index contributed by atoms with van der Waals surface area (Å²) < 4.78 is 29.6. The van der Waals surface area contributed by atoms with E-state index in [1.54, 1.807) is 0 Å². The molecule has 4 aliphatic carbocycles. The van der Waals surface area contributed by atoms with Gasteiger partial charge in [0, 0.05) is 122 Å². The normalized spacial score (nSPS) is 30.8. The minimum absolute atomic E-state index is 0.0300. The molecule has 8 aliphatic heterocycles. The average molecular weight is 1630 g/mol. The third kappa shape index (κ3) is 21.3. The van der Waals surface area contributed by atoms with Gasteiger partial charge in [-0.3, -0.25) is 29.0 Å². The zero-order chi connectivity index (χ0) is 84.2. The number of aliphatic hydroxyl groups excluding tert-OH is 3.